The molecule has 1 saturated heterocycles. The van der Waals surface area contributed by atoms with Crippen molar-refractivity contribution in [3.63, 3.8) is 0 Å². The summed E-state index contributed by atoms with van der Waals surface area (Å²) in [6.45, 7) is 0.991. The first-order valence-corrected chi connectivity index (χ1v) is 6.27. The van der Waals surface area contributed by atoms with Crippen LogP contribution in [0.2, 0.25) is 0 Å². The Morgan fingerprint density at radius 2 is 2.35 bits per heavy atom. The number of nitrogens with one attached hydrogen (secondary N) is 1. The number of hydrogen-bond donors (Lipinski definition) is 1. The van der Waals surface area contributed by atoms with Gasteiger partial charge in [0.05, 0.1) is 26.2 Å². The largest absolute Gasteiger partial charge is 0.469 e. The summed E-state index contributed by atoms with van der Waals surface area (Å²) in [7, 11) is 1.30. The fraction of sp³-hybridized carbons (Fsp3) is 0.462. The number of nitrogens with zero attached hydrogens (tertiary/aromatic N) is 1. The monoisotopic (exact) mass is 280 g/mol. The van der Waals surface area contributed by atoms with Crippen molar-refractivity contribution in [3.8, 4) is 0 Å². The van der Waals surface area contributed by atoms with Gasteiger partial charge in [0.25, 0.3) is 11.5 Å². The average molecular weight is 280 g/mol. The molecule has 2 heterocycles. The summed E-state index contributed by atoms with van der Waals surface area (Å²) in [4.78, 5) is 39.1. The zero-order chi connectivity index (χ0) is 14.5. The lowest BCUT2D eigenvalue weighted by molar-refractivity contribution is -0.145. The average Bonchev–Trinajstić information content (AvgIpc) is 2.47. The van der Waals surface area contributed by atoms with E-state index in [-0.39, 0.29) is 30.4 Å². The molecule has 2 rings (SSSR count). The maximum Gasteiger partial charge on any atom is 0.308 e. The Hall–Kier alpha value is -2.15. The predicted octanol–water partition coefficient (Wildman–Crippen LogP) is -0.221. The standard InChI is InChI=1S/C13H16N2O5/c1-19-11(16)7-9-8-15(5-6-20-9)13(18)10-3-2-4-14-12(10)17/h2-4,9H,5-8H2,1H3,(H,14,17). The minimum absolute atomic E-state index is 0.0887. The highest BCUT2D eigenvalue weighted by Gasteiger charge is 2.27. The molecule has 20 heavy (non-hydrogen) atoms. The molecule has 0 spiro atoms. The molecule has 1 aromatic rings. The lowest BCUT2D eigenvalue weighted by Crippen LogP contribution is -2.47. The predicted molar refractivity (Wildman–Crippen MR) is 69.3 cm³/mol. The number of amides is 1. The smallest absolute Gasteiger partial charge is 0.308 e. The van der Waals surface area contributed by atoms with Crippen molar-refractivity contribution in [1.82, 2.24) is 9.88 Å². The number of rotatable bonds is 3. The highest BCUT2D eigenvalue weighted by Crippen LogP contribution is 2.11. The molecule has 1 aliphatic rings. The van der Waals surface area contributed by atoms with E-state index in [0.717, 1.165) is 0 Å². The van der Waals surface area contributed by atoms with Crippen LogP contribution in [-0.2, 0) is 14.3 Å². The summed E-state index contributed by atoms with van der Waals surface area (Å²) in [5.41, 5.74) is -0.334. The van der Waals surface area contributed by atoms with E-state index < -0.39 is 11.7 Å². The second-order valence-corrected chi connectivity index (χ2v) is 4.44. The van der Waals surface area contributed by atoms with Crippen LogP contribution in [-0.4, -0.2) is 54.7 Å². The summed E-state index contributed by atoms with van der Waals surface area (Å²) >= 11 is 0. The van der Waals surface area contributed by atoms with Crippen LogP contribution in [0.3, 0.4) is 0 Å². The van der Waals surface area contributed by atoms with E-state index in [0.29, 0.717) is 13.2 Å². The SMILES string of the molecule is COC(=O)CC1CN(C(=O)c2ccc[nH]c2=O)CCO1. The Morgan fingerprint density at radius 3 is 3.05 bits per heavy atom. The molecule has 1 fully saturated rings. The Kier molecular flexibility index (Phi) is 4.52. The van der Waals surface area contributed by atoms with Crippen molar-refractivity contribution in [2.45, 2.75) is 12.5 Å². The van der Waals surface area contributed by atoms with Crippen molar-refractivity contribution in [3.05, 3.63) is 34.2 Å². The van der Waals surface area contributed by atoms with Crippen LogP contribution in [0.25, 0.3) is 0 Å². The number of carbonyl (C=O) groups excluding carboxylic acids is 2. The van der Waals surface area contributed by atoms with Gasteiger partial charge in [0.15, 0.2) is 0 Å². The van der Waals surface area contributed by atoms with Crippen molar-refractivity contribution in [2.75, 3.05) is 26.8 Å². The molecular formula is C13H16N2O5. The fourth-order valence-electron chi connectivity index (χ4n) is 2.06. The molecule has 0 aliphatic carbocycles. The molecule has 0 aromatic carbocycles. The molecule has 1 aliphatic heterocycles. The Morgan fingerprint density at radius 1 is 1.55 bits per heavy atom. The molecule has 1 unspecified atom stereocenters. The number of aromatic amines is 1. The number of pyridine rings is 1. The quantitative estimate of drug-likeness (QED) is 0.773. The zero-order valence-corrected chi connectivity index (χ0v) is 11.1. The maximum atomic E-state index is 12.3. The van der Waals surface area contributed by atoms with Gasteiger partial charge in [0.2, 0.25) is 0 Å². The minimum atomic E-state index is -0.423. The molecule has 0 saturated carbocycles. The van der Waals surface area contributed by atoms with Crippen LogP contribution >= 0.6 is 0 Å². The van der Waals surface area contributed by atoms with Gasteiger partial charge >= 0.3 is 5.97 Å². The molecule has 1 amide bonds. The second kappa shape index (κ2) is 6.33. The van der Waals surface area contributed by atoms with E-state index in [1.165, 1.54) is 24.3 Å². The van der Waals surface area contributed by atoms with Crippen molar-refractivity contribution in [2.24, 2.45) is 0 Å². The zero-order valence-electron chi connectivity index (χ0n) is 11.1. The third kappa shape index (κ3) is 3.24. The van der Waals surface area contributed by atoms with Crippen LogP contribution in [0.4, 0.5) is 0 Å². The molecule has 1 aromatic heterocycles. The van der Waals surface area contributed by atoms with Crippen LogP contribution in [0.5, 0.6) is 0 Å². The van der Waals surface area contributed by atoms with Gasteiger partial charge in [-0.3, -0.25) is 14.4 Å². The van der Waals surface area contributed by atoms with Crippen LogP contribution in [0.1, 0.15) is 16.8 Å². The molecule has 0 bridgehead atoms. The number of hydrogen-bond acceptors (Lipinski definition) is 5. The first kappa shape index (κ1) is 14.3. The first-order valence-electron chi connectivity index (χ1n) is 6.27. The number of morpholine rings is 1. The third-order valence-corrected chi connectivity index (χ3v) is 3.10. The van der Waals surface area contributed by atoms with E-state index in [2.05, 4.69) is 9.72 Å². The van der Waals surface area contributed by atoms with E-state index in [4.69, 9.17) is 4.74 Å². The number of H-pyrrole nitrogens is 1. The van der Waals surface area contributed by atoms with Gasteiger partial charge in [-0.05, 0) is 12.1 Å². The molecule has 7 nitrogen and oxygen atoms in total. The van der Waals surface area contributed by atoms with Crippen LogP contribution in [0, 0.1) is 0 Å². The lowest BCUT2D eigenvalue weighted by atomic mass is 10.1. The van der Waals surface area contributed by atoms with E-state index >= 15 is 0 Å². The summed E-state index contributed by atoms with van der Waals surface area (Å²) in [5, 5.41) is 0. The van der Waals surface area contributed by atoms with Gasteiger partial charge in [-0.25, -0.2) is 0 Å². The number of carbonyl (C=O) groups is 2. The normalized spacial score (nSPS) is 18.6. The van der Waals surface area contributed by atoms with Gasteiger partial charge < -0.3 is 19.4 Å². The van der Waals surface area contributed by atoms with Gasteiger partial charge in [-0.15, -0.1) is 0 Å². The molecule has 7 heteroatoms. The molecular weight excluding hydrogens is 264 g/mol. The molecule has 1 N–H and O–H groups in total. The highest BCUT2D eigenvalue weighted by molar-refractivity contribution is 5.93. The minimum Gasteiger partial charge on any atom is -0.469 e. The second-order valence-electron chi connectivity index (χ2n) is 4.44. The third-order valence-electron chi connectivity index (χ3n) is 3.10. The van der Waals surface area contributed by atoms with Gasteiger partial charge in [-0.1, -0.05) is 0 Å². The fourth-order valence-corrected chi connectivity index (χ4v) is 2.06. The summed E-state index contributed by atoms with van der Waals surface area (Å²) in [6.07, 6.45) is 1.16. The van der Waals surface area contributed by atoms with Gasteiger partial charge in [-0.2, -0.15) is 0 Å². The van der Waals surface area contributed by atoms with Gasteiger partial charge in [0.1, 0.15) is 5.56 Å². The number of esters is 1. The van der Waals surface area contributed by atoms with Crippen molar-refractivity contribution < 1.29 is 19.1 Å². The highest BCUT2D eigenvalue weighted by atomic mass is 16.5. The maximum absolute atomic E-state index is 12.3. The van der Waals surface area contributed by atoms with E-state index in [1.54, 1.807) is 6.07 Å². The van der Waals surface area contributed by atoms with Gasteiger partial charge in [0, 0.05) is 19.3 Å². The number of methoxy groups -OCH3 is 1. The van der Waals surface area contributed by atoms with Crippen molar-refractivity contribution >= 4 is 11.9 Å². The van der Waals surface area contributed by atoms with Crippen LogP contribution < -0.4 is 5.56 Å². The first-order chi connectivity index (χ1) is 9.61. The molecule has 108 valence electrons. The Labute approximate surface area is 115 Å². The summed E-state index contributed by atoms with van der Waals surface area (Å²) in [6, 6.07) is 3.08. The Balaban J connectivity index is 2.05. The Bertz CT molecular complexity index is 554. The summed E-state index contributed by atoms with van der Waals surface area (Å²) in [5.74, 6) is -0.744. The molecule has 1 atom stereocenters. The van der Waals surface area contributed by atoms with E-state index in [1.807, 2.05) is 0 Å². The van der Waals surface area contributed by atoms with Crippen molar-refractivity contribution in [1.29, 1.82) is 0 Å². The molecule has 0 radical (unpaired) electrons. The number of ether oxygens (including phenoxy) is 2. The number of aromatic nitrogens is 1. The lowest BCUT2D eigenvalue weighted by Gasteiger charge is -2.32. The van der Waals surface area contributed by atoms with Crippen LogP contribution in [0.15, 0.2) is 23.1 Å². The summed E-state index contributed by atoms with van der Waals surface area (Å²) < 4.78 is 9.99. The topological polar surface area (TPSA) is 88.7 Å². The van der Waals surface area contributed by atoms with E-state index in [9.17, 15) is 14.4 Å².